The molecule has 0 aliphatic carbocycles. The van der Waals surface area contributed by atoms with Crippen LogP contribution in [0.3, 0.4) is 0 Å². The fourth-order valence-electron chi connectivity index (χ4n) is 5.74. The molecule has 0 radical (unpaired) electrons. The standard InChI is InChI=1S/C32H26BrN3O/c1-22-29(33)10-9-28-30(22)36(21-26-7-4-6-25-5-2-3-8-27(25)26)31(37)32(28,19-23-11-15-34-16-12-23)20-24-13-17-35-18-14-24/h2-18H,19-21H2,1H3. The van der Waals surface area contributed by atoms with E-state index in [0.29, 0.717) is 19.4 Å². The van der Waals surface area contributed by atoms with E-state index in [2.05, 4.69) is 87.4 Å². The molecule has 4 nitrogen and oxygen atoms in total. The zero-order valence-corrected chi connectivity index (χ0v) is 22.2. The molecular weight excluding hydrogens is 522 g/mol. The molecule has 1 aliphatic heterocycles. The fraction of sp³-hybridized carbons (Fsp3) is 0.156. The number of benzene rings is 3. The quantitative estimate of drug-likeness (QED) is 0.230. The van der Waals surface area contributed by atoms with Crippen molar-refractivity contribution in [2.45, 2.75) is 31.7 Å². The van der Waals surface area contributed by atoms with Crippen LogP contribution in [0.5, 0.6) is 0 Å². The van der Waals surface area contributed by atoms with E-state index in [-0.39, 0.29) is 5.91 Å². The van der Waals surface area contributed by atoms with Gasteiger partial charge in [-0.2, -0.15) is 0 Å². The minimum atomic E-state index is -0.742. The second kappa shape index (κ2) is 9.56. The van der Waals surface area contributed by atoms with Crippen molar-refractivity contribution in [3.05, 3.63) is 136 Å². The molecule has 6 rings (SSSR count). The Kier molecular flexibility index (Phi) is 6.09. The van der Waals surface area contributed by atoms with Gasteiger partial charge in [0, 0.05) is 29.3 Å². The summed E-state index contributed by atoms with van der Waals surface area (Å²) in [6.07, 6.45) is 8.40. The summed E-state index contributed by atoms with van der Waals surface area (Å²) in [5.74, 6) is 0.130. The maximum atomic E-state index is 14.8. The van der Waals surface area contributed by atoms with E-state index in [1.807, 2.05) is 29.2 Å². The van der Waals surface area contributed by atoms with E-state index < -0.39 is 5.41 Å². The van der Waals surface area contributed by atoms with Crippen LogP contribution < -0.4 is 4.90 Å². The summed E-state index contributed by atoms with van der Waals surface area (Å²) < 4.78 is 1.01. The second-order valence-corrected chi connectivity index (χ2v) is 10.6. The third-order valence-electron chi connectivity index (χ3n) is 7.52. The number of hydrogen-bond acceptors (Lipinski definition) is 3. The predicted octanol–water partition coefficient (Wildman–Crippen LogP) is 6.97. The van der Waals surface area contributed by atoms with Crippen LogP contribution in [0.1, 0.15) is 27.8 Å². The number of amides is 1. The van der Waals surface area contributed by atoms with Gasteiger partial charge in [0.15, 0.2) is 0 Å². The van der Waals surface area contributed by atoms with Crippen molar-refractivity contribution in [2.24, 2.45) is 0 Å². The highest BCUT2D eigenvalue weighted by Gasteiger charge is 2.51. The molecule has 0 fully saturated rings. The number of carbonyl (C=O) groups excluding carboxylic acids is 1. The zero-order chi connectivity index (χ0) is 25.4. The lowest BCUT2D eigenvalue weighted by Gasteiger charge is -2.29. The molecule has 0 saturated heterocycles. The van der Waals surface area contributed by atoms with E-state index in [9.17, 15) is 4.79 Å². The van der Waals surface area contributed by atoms with Gasteiger partial charge >= 0.3 is 0 Å². The summed E-state index contributed by atoms with van der Waals surface area (Å²) in [7, 11) is 0. The maximum Gasteiger partial charge on any atom is 0.238 e. The highest BCUT2D eigenvalue weighted by atomic mass is 79.9. The van der Waals surface area contributed by atoms with Gasteiger partial charge in [-0.1, -0.05) is 64.5 Å². The molecular formula is C32H26BrN3O. The molecule has 1 aliphatic rings. The molecule has 2 aromatic heterocycles. The van der Waals surface area contributed by atoms with Crippen LogP contribution >= 0.6 is 15.9 Å². The summed E-state index contributed by atoms with van der Waals surface area (Å²) in [6.45, 7) is 2.61. The number of carbonyl (C=O) groups is 1. The Balaban J connectivity index is 1.54. The molecule has 182 valence electrons. The molecule has 0 N–H and O–H groups in total. The van der Waals surface area contributed by atoms with Crippen LogP contribution in [0.15, 0.2) is 108 Å². The first kappa shape index (κ1) is 23.6. The largest absolute Gasteiger partial charge is 0.307 e. The second-order valence-electron chi connectivity index (χ2n) is 9.74. The maximum absolute atomic E-state index is 14.8. The van der Waals surface area contributed by atoms with Gasteiger partial charge in [-0.05, 0) is 88.7 Å². The molecule has 0 atom stereocenters. The Morgan fingerprint density at radius 2 is 1.41 bits per heavy atom. The summed E-state index contributed by atoms with van der Waals surface area (Å²) in [5.41, 5.74) is 5.75. The average Bonchev–Trinajstić information content (AvgIpc) is 3.15. The van der Waals surface area contributed by atoms with Crippen LogP contribution in [-0.4, -0.2) is 15.9 Å². The van der Waals surface area contributed by atoms with Crippen LogP contribution in [0.25, 0.3) is 10.8 Å². The van der Waals surface area contributed by atoms with Gasteiger partial charge in [-0.3, -0.25) is 14.8 Å². The van der Waals surface area contributed by atoms with E-state index in [0.717, 1.165) is 38.0 Å². The van der Waals surface area contributed by atoms with E-state index in [1.54, 1.807) is 24.8 Å². The van der Waals surface area contributed by atoms with Crippen molar-refractivity contribution < 1.29 is 4.79 Å². The van der Waals surface area contributed by atoms with Gasteiger partial charge in [0.25, 0.3) is 0 Å². The first-order valence-corrected chi connectivity index (χ1v) is 13.2. The first-order valence-electron chi connectivity index (χ1n) is 12.4. The molecule has 0 unspecified atom stereocenters. The minimum Gasteiger partial charge on any atom is -0.307 e. The summed E-state index contributed by atoms with van der Waals surface area (Å²) >= 11 is 3.74. The van der Waals surface area contributed by atoms with Crippen LogP contribution in [0.4, 0.5) is 5.69 Å². The van der Waals surface area contributed by atoms with Crippen molar-refractivity contribution in [2.75, 3.05) is 4.90 Å². The number of nitrogens with zero attached hydrogens (tertiary/aromatic N) is 3. The van der Waals surface area contributed by atoms with Gasteiger partial charge < -0.3 is 4.90 Å². The number of pyridine rings is 2. The number of halogens is 1. The fourth-order valence-corrected chi connectivity index (χ4v) is 6.06. The molecule has 1 amide bonds. The van der Waals surface area contributed by atoms with Crippen LogP contribution in [0, 0.1) is 6.92 Å². The number of fused-ring (bicyclic) bond motifs is 2. The number of hydrogen-bond donors (Lipinski definition) is 0. The average molecular weight is 548 g/mol. The molecule has 5 aromatic rings. The Hall–Kier alpha value is -3.83. The molecule has 37 heavy (non-hydrogen) atoms. The van der Waals surface area contributed by atoms with Gasteiger partial charge in [0.05, 0.1) is 17.6 Å². The lowest BCUT2D eigenvalue weighted by atomic mass is 9.72. The number of rotatable bonds is 6. The van der Waals surface area contributed by atoms with Crippen molar-refractivity contribution in [3.63, 3.8) is 0 Å². The smallest absolute Gasteiger partial charge is 0.238 e. The van der Waals surface area contributed by atoms with E-state index in [1.165, 1.54) is 10.8 Å². The topological polar surface area (TPSA) is 46.1 Å². The summed E-state index contributed by atoms with van der Waals surface area (Å²) in [5, 5.41) is 2.35. The van der Waals surface area contributed by atoms with Crippen molar-refractivity contribution in [3.8, 4) is 0 Å². The molecule has 0 spiro atoms. The molecule has 0 bridgehead atoms. The van der Waals surface area contributed by atoms with Gasteiger partial charge in [0.2, 0.25) is 5.91 Å². The van der Waals surface area contributed by atoms with Crippen LogP contribution in [-0.2, 0) is 29.6 Å². The van der Waals surface area contributed by atoms with Crippen molar-refractivity contribution in [1.82, 2.24) is 9.97 Å². The Bertz CT molecular complexity index is 1550. The Labute approximate surface area is 225 Å². The monoisotopic (exact) mass is 547 g/mol. The predicted molar refractivity (Wildman–Crippen MR) is 152 cm³/mol. The lowest BCUT2D eigenvalue weighted by Crippen LogP contribution is -2.43. The third-order valence-corrected chi connectivity index (χ3v) is 8.38. The molecule has 5 heteroatoms. The normalized spacial score (nSPS) is 14.2. The Morgan fingerprint density at radius 3 is 2.08 bits per heavy atom. The van der Waals surface area contributed by atoms with E-state index in [4.69, 9.17) is 0 Å². The van der Waals surface area contributed by atoms with E-state index >= 15 is 0 Å². The molecule has 3 aromatic carbocycles. The Morgan fingerprint density at radius 1 is 0.784 bits per heavy atom. The summed E-state index contributed by atoms with van der Waals surface area (Å²) in [6, 6.07) is 27.0. The highest BCUT2D eigenvalue weighted by Crippen LogP contribution is 2.49. The SMILES string of the molecule is Cc1c(Br)ccc2c1N(Cc1cccc3ccccc13)C(=O)C2(Cc1ccncc1)Cc1ccncc1. The van der Waals surface area contributed by atoms with Crippen molar-refractivity contribution in [1.29, 1.82) is 0 Å². The zero-order valence-electron chi connectivity index (χ0n) is 20.6. The van der Waals surface area contributed by atoms with Gasteiger partial charge in [0.1, 0.15) is 0 Å². The van der Waals surface area contributed by atoms with Crippen molar-refractivity contribution >= 4 is 38.3 Å². The van der Waals surface area contributed by atoms with Gasteiger partial charge in [-0.15, -0.1) is 0 Å². The minimum absolute atomic E-state index is 0.130. The molecule has 3 heterocycles. The van der Waals surface area contributed by atoms with Gasteiger partial charge in [-0.25, -0.2) is 0 Å². The third kappa shape index (κ3) is 4.13. The lowest BCUT2D eigenvalue weighted by molar-refractivity contribution is -0.123. The number of aromatic nitrogens is 2. The summed E-state index contributed by atoms with van der Waals surface area (Å²) in [4.78, 5) is 25.2. The van der Waals surface area contributed by atoms with Crippen LogP contribution in [0.2, 0.25) is 0 Å². The first-order chi connectivity index (χ1) is 18.1. The molecule has 0 saturated carbocycles. The number of anilines is 1. The highest BCUT2D eigenvalue weighted by molar-refractivity contribution is 9.10.